The lowest BCUT2D eigenvalue weighted by molar-refractivity contribution is -0.120. The van der Waals surface area contributed by atoms with Gasteiger partial charge in [-0.15, -0.1) is 0 Å². The van der Waals surface area contributed by atoms with Gasteiger partial charge in [-0.1, -0.05) is 30.1 Å². The van der Waals surface area contributed by atoms with Crippen LogP contribution in [-0.2, 0) is 4.79 Å². The first kappa shape index (κ1) is 14.3. The zero-order valence-electron chi connectivity index (χ0n) is 9.84. The van der Waals surface area contributed by atoms with Gasteiger partial charge in [-0.05, 0) is 37.1 Å². The first-order chi connectivity index (χ1) is 7.95. The van der Waals surface area contributed by atoms with Crippen LogP contribution < -0.4 is 11.1 Å². The summed E-state index contributed by atoms with van der Waals surface area (Å²) in [4.78, 5) is 11.5. The fraction of sp³-hybridized carbons (Fsp3) is 0.417. The Morgan fingerprint density at radius 1 is 1.47 bits per heavy atom. The van der Waals surface area contributed by atoms with Gasteiger partial charge < -0.3 is 5.73 Å². The van der Waals surface area contributed by atoms with E-state index in [-0.39, 0.29) is 6.04 Å². The Labute approximate surface area is 111 Å². The lowest BCUT2D eigenvalue weighted by atomic mass is 10.0. The smallest absolute Gasteiger partial charge is 0.239 e. The van der Waals surface area contributed by atoms with E-state index in [0.29, 0.717) is 15.6 Å². The van der Waals surface area contributed by atoms with Crippen LogP contribution in [0.4, 0.5) is 0 Å². The van der Waals surface area contributed by atoms with Gasteiger partial charge in [0.25, 0.3) is 0 Å². The number of nitrogens with one attached hydrogen (secondary N) is 1. The molecule has 0 saturated heterocycles. The van der Waals surface area contributed by atoms with Crippen molar-refractivity contribution in [3.05, 3.63) is 33.8 Å². The number of rotatable bonds is 5. The minimum absolute atomic E-state index is 0.169. The average molecular weight is 275 g/mol. The number of hydrogen-bond donors (Lipinski definition) is 2. The van der Waals surface area contributed by atoms with Gasteiger partial charge in [0, 0.05) is 16.1 Å². The van der Waals surface area contributed by atoms with E-state index in [2.05, 4.69) is 5.32 Å². The van der Waals surface area contributed by atoms with Gasteiger partial charge in [0.05, 0.1) is 0 Å². The van der Waals surface area contributed by atoms with Gasteiger partial charge in [-0.2, -0.15) is 0 Å². The van der Waals surface area contributed by atoms with Crippen molar-refractivity contribution < 1.29 is 4.79 Å². The molecule has 5 heteroatoms. The third-order valence-corrected chi connectivity index (χ3v) is 3.20. The summed E-state index contributed by atoms with van der Waals surface area (Å²) in [5.74, 6) is -0.463. The molecular weight excluding hydrogens is 259 g/mol. The van der Waals surface area contributed by atoms with E-state index in [1.54, 1.807) is 18.2 Å². The molecule has 0 saturated carbocycles. The van der Waals surface area contributed by atoms with E-state index in [0.717, 1.165) is 6.42 Å². The fourth-order valence-corrected chi connectivity index (χ4v) is 1.87. The Kier molecular flexibility index (Phi) is 5.25. The molecule has 3 nitrogen and oxygen atoms in total. The van der Waals surface area contributed by atoms with E-state index in [1.807, 2.05) is 13.8 Å². The highest BCUT2D eigenvalue weighted by Crippen LogP contribution is 2.26. The molecule has 2 atom stereocenters. The van der Waals surface area contributed by atoms with Crippen molar-refractivity contribution in [1.29, 1.82) is 0 Å². The molecule has 17 heavy (non-hydrogen) atoms. The van der Waals surface area contributed by atoms with Crippen molar-refractivity contribution >= 4 is 29.1 Å². The summed E-state index contributed by atoms with van der Waals surface area (Å²) >= 11 is 12.0. The quantitative estimate of drug-likeness (QED) is 0.868. The van der Waals surface area contributed by atoms with Crippen molar-refractivity contribution in [2.45, 2.75) is 32.4 Å². The SMILES string of the molecule is CCC(C)NC(C(N)=O)c1cc(Cl)ccc1Cl. The van der Waals surface area contributed by atoms with Gasteiger partial charge >= 0.3 is 0 Å². The first-order valence-corrected chi connectivity index (χ1v) is 6.21. The summed E-state index contributed by atoms with van der Waals surface area (Å²) in [7, 11) is 0. The fourth-order valence-electron chi connectivity index (χ4n) is 1.46. The Hall–Kier alpha value is -0.770. The maximum Gasteiger partial charge on any atom is 0.239 e. The number of halogens is 2. The molecule has 0 heterocycles. The van der Waals surface area contributed by atoms with Gasteiger partial charge in [-0.25, -0.2) is 0 Å². The number of benzene rings is 1. The van der Waals surface area contributed by atoms with Gasteiger partial charge in [-0.3, -0.25) is 10.1 Å². The molecule has 1 rings (SSSR count). The van der Waals surface area contributed by atoms with Crippen LogP contribution in [0.15, 0.2) is 18.2 Å². The van der Waals surface area contributed by atoms with Crippen molar-refractivity contribution in [2.24, 2.45) is 5.73 Å². The molecule has 2 unspecified atom stereocenters. The van der Waals surface area contributed by atoms with E-state index in [4.69, 9.17) is 28.9 Å². The standard InChI is InChI=1S/C12H16Cl2N2O/c1-3-7(2)16-11(12(15)17)9-6-8(13)4-5-10(9)14/h4-7,11,16H,3H2,1-2H3,(H2,15,17). The highest BCUT2D eigenvalue weighted by Gasteiger charge is 2.21. The Balaban J connectivity index is 3.05. The highest BCUT2D eigenvalue weighted by molar-refractivity contribution is 6.33. The molecule has 1 aromatic rings. The monoisotopic (exact) mass is 274 g/mol. The van der Waals surface area contributed by atoms with E-state index in [1.165, 1.54) is 0 Å². The Bertz CT molecular complexity index is 409. The summed E-state index contributed by atoms with van der Waals surface area (Å²) < 4.78 is 0. The number of carbonyl (C=O) groups excluding carboxylic acids is 1. The summed E-state index contributed by atoms with van der Waals surface area (Å²) in [6.45, 7) is 4.00. The second kappa shape index (κ2) is 6.24. The third-order valence-electron chi connectivity index (χ3n) is 2.62. The molecule has 0 spiro atoms. The zero-order chi connectivity index (χ0) is 13.0. The van der Waals surface area contributed by atoms with Crippen LogP contribution in [-0.4, -0.2) is 11.9 Å². The van der Waals surface area contributed by atoms with E-state index in [9.17, 15) is 4.79 Å². The lowest BCUT2D eigenvalue weighted by Crippen LogP contribution is -2.38. The Morgan fingerprint density at radius 3 is 2.65 bits per heavy atom. The second-order valence-electron chi connectivity index (χ2n) is 3.98. The normalized spacial score (nSPS) is 14.4. The van der Waals surface area contributed by atoms with Crippen LogP contribution in [0, 0.1) is 0 Å². The van der Waals surface area contributed by atoms with Crippen LogP contribution >= 0.6 is 23.2 Å². The minimum Gasteiger partial charge on any atom is -0.368 e. The number of carbonyl (C=O) groups is 1. The molecule has 0 aliphatic carbocycles. The molecule has 94 valence electrons. The molecule has 0 bridgehead atoms. The number of hydrogen-bond acceptors (Lipinski definition) is 2. The van der Waals surface area contributed by atoms with E-state index >= 15 is 0 Å². The predicted molar refractivity (Wildman–Crippen MR) is 71.3 cm³/mol. The van der Waals surface area contributed by atoms with Crippen LogP contribution in [0.2, 0.25) is 10.0 Å². The van der Waals surface area contributed by atoms with Crippen molar-refractivity contribution in [2.75, 3.05) is 0 Å². The minimum atomic E-state index is -0.615. The molecule has 0 aromatic heterocycles. The molecule has 1 aromatic carbocycles. The highest BCUT2D eigenvalue weighted by atomic mass is 35.5. The van der Waals surface area contributed by atoms with Crippen LogP contribution in [0.25, 0.3) is 0 Å². The summed E-state index contributed by atoms with van der Waals surface area (Å²) in [5.41, 5.74) is 6.01. The van der Waals surface area contributed by atoms with Gasteiger partial charge in [0.1, 0.15) is 6.04 Å². The molecular formula is C12H16Cl2N2O. The van der Waals surface area contributed by atoms with Crippen LogP contribution in [0.1, 0.15) is 31.9 Å². The first-order valence-electron chi connectivity index (χ1n) is 5.46. The maximum atomic E-state index is 11.5. The predicted octanol–water partition coefficient (Wildman–Crippen LogP) is 2.91. The van der Waals surface area contributed by atoms with Gasteiger partial charge in [0.15, 0.2) is 0 Å². The summed E-state index contributed by atoms with van der Waals surface area (Å²) in [6, 6.07) is 4.55. The van der Waals surface area contributed by atoms with Crippen LogP contribution in [0.3, 0.4) is 0 Å². The van der Waals surface area contributed by atoms with Crippen molar-refractivity contribution in [3.63, 3.8) is 0 Å². The van der Waals surface area contributed by atoms with Gasteiger partial charge in [0.2, 0.25) is 5.91 Å². The van der Waals surface area contributed by atoms with Crippen LogP contribution in [0.5, 0.6) is 0 Å². The number of nitrogens with two attached hydrogens (primary N) is 1. The molecule has 0 radical (unpaired) electrons. The molecule has 0 aliphatic heterocycles. The maximum absolute atomic E-state index is 11.5. The lowest BCUT2D eigenvalue weighted by Gasteiger charge is -2.21. The Morgan fingerprint density at radius 2 is 2.12 bits per heavy atom. The zero-order valence-corrected chi connectivity index (χ0v) is 11.3. The second-order valence-corrected chi connectivity index (χ2v) is 4.82. The molecule has 0 aliphatic rings. The van der Waals surface area contributed by atoms with E-state index < -0.39 is 11.9 Å². The average Bonchev–Trinajstić information content (AvgIpc) is 2.28. The largest absolute Gasteiger partial charge is 0.368 e. The summed E-state index contributed by atoms with van der Waals surface area (Å²) in [6.07, 6.45) is 0.891. The van der Waals surface area contributed by atoms with Crippen molar-refractivity contribution in [3.8, 4) is 0 Å². The number of amides is 1. The van der Waals surface area contributed by atoms with Crippen molar-refractivity contribution in [1.82, 2.24) is 5.32 Å². The topological polar surface area (TPSA) is 55.1 Å². The summed E-state index contributed by atoms with van der Waals surface area (Å²) in [5, 5.41) is 4.14. The molecule has 1 amide bonds. The molecule has 0 fully saturated rings. The number of primary amides is 1. The molecule has 3 N–H and O–H groups in total. The third kappa shape index (κ3) is 3.87.